The van der Waals surface area contributed by atoms with Gasteiger partial charge in [-0.1, -0.05) is 12.1 Å². The van der Waals surface area contributed by atoms with Crippen LogP contribution in [-0.2, 0) is 17.7 Å². The van der Waals surface area contributed by atoms with Gasteiger partial charge in [-0.15, -0.1) is 0 Å². The molecule has 2 fully saturated rings. The lowest BCUT2D eigenvalue weighted by Crippen LogP contribution is -2.38. The Morgan fingerprint density at radius 3 is 2.71 bits per heavy atom. The number of ether oxygens (including phenoxy) is 1. The molecule has 2 aliphatic rings. The molecular weight excluding hydrogens is 359 g/mol. The standard InChI is InChI=1S/C21H27FN4O2/c1-15(2)26-12-17(10-23-26)11-24-13-19-20(14-24)28-21(27)25(19)9-3-4-16-5-7-18(22)8-6-16/h5-8,10,12,15,19-20H,3-4,9,11,13-14H2,1-2H3/t19-,20+/m0/s1. The number of benzene rings is 1. The summed E-state index contributed by atoms with van der Waals surface area (Å²) in [6.45, 7) is 7.29. The van der Waals surface area contributed by atoms with Crippen LogP contribution in [0.4, 0.5) is 9.18 Å². The molecule has 0 radical (unpaired) electrons. The topological polar surface area (TPSA) is 50.6 Å². The summed E-state index contributed by atoms with van der Waals surface area (Å²) in [5, 5.41) is 4.40. The lowest BCUT2D eigenvalue weighted by molar-refractivity contribution is 0.120. The third kappa shape index (κ3) is 4.04. The van der Waals surface area contributed by atoms with E-state index >= 15 is 0 Å². The zero-order chi connectivity index (χ0) is 19.7. The van der Waals surface area contributed by atoms with Crippen molar-refractivity contribution in [2.75, 3.05) is 19.6 Å². The van der Waals surface area contributed by atoms with Gasteiger partial charge in [-0.25, -0.2) is 9.18 Å². The first-order valence-corrected chi connectivity index (χ1v) is 9.96. The maximum atomic E-state index is 13.0. The van der Waals surface area contributed by atoms with Gasteiger partial charge >= 0.3 is 6.09 Å². The van der Waals surface area contributed by atoms with Crippen molar-refractivity contribution in [3.05, 3.63) is 53.6 Å². The Morgan fingerprint density at radius 2 is 2.00 bits per heavy atom. The van der Waals surface area contributed by atoms with Crippen LogP contribution in [0.15, 0.2) is 36.7 Å². The number of carbonyl (C=O) groups is 1. The van der Waals surface area contributed by atoms with Crippen LogP contribution in [0.1, 0.15) is 37.4 Å². The molecule has 7 heteroatoms. The zero-order valence-corrected chi connectivity index (χ0v) is 16.4. The molecule has 2 aromatic rings. The van der Waals surface area contributed by atoms with E-state index in [4.69, 9.17) is 4.74 Å². The number of aromatic nitrogens is 2. The minimum atomic E-state index is -0.223. The Kier molecular flexibility index (Phi) is 5.35. The molecule has 4 rings (SSSR count). The predicted molar refractivity (Wildman–Crippen MR) is 103 cm³/mol. The van der Waals surface area contributed by atoms with Gasteiger partial charge in [0.1, 0.15) is 11.9 Å². The van der Waals surface area contributed by atoms with Gasteiger partial charge in [0.25, 0.3) is 0 Å². The second-order valence-electron chi connectivity index (χ2n) is 8.03. The van der Waals surface area contributed by atoms with Gasteiger partial charge in [0, 0.05) is 44.0 Å². The summed E-state index contributed by atoms with van der Waals surface area (Å²) in [5.74, 6) is -0.223. The number of hydrogen-bond acceptors (Lipinski definition) is 4. The van der Waals surface area contributed by atoms with E-state index in [1.165, 1.54) is 17.7 Å². The highest BCUT2D eigenvalue weighted by molar-refractivity contribution is 5.71. The summed E-state index contributed by atoms with van der Waals surface area (Å²) in [4.78, 5) is 16.4. The number of hydrogen-bond donors (Lipinski definition) is 0. The van der Waals surface area contributed by atoms with Crippen molar-refractivity contribution in [1.82, 2.24) is 19.6 Å². The molecule has 1 aromatic carbocycles. The first-order chi connectivity index (χ1) is 13.5. The van der Waals surface area contributed by atoms with Gasteiger partial charge in [0.05, 0.1) is 12.2 Å². The van der Waals surface area contributed by atoms with Crippen molar-refractivity contribution in [3.63, 3.8) is 0 Å². The molecular formula is C21H27FN4O2. The average molecular weight is 386 g/mol. The van der Waals surface area contributed by atoms with Crippen molar-refractivity contribution in [3.8, 4) is 0 Å². The van der Waals surface area contributed by atoms with Crippen LogP contribution in [0, 0.1) is 5.82 Å². The summed E-state index contributed by atoms with van der Waals surface area (Å²) < 4.78 is 20.6. The summed E-state index contributed by atoms with van der Waals surface area (Å²) in [6.07, 6.45) is 5.40. The third-order valence-electron chi connectivity index (χ3n) is 5.57. The predicted octanol–water partition coefficient (Wildman–Crippen LogP) is 3.24. The normalized spacial score (nSPS) is 22.1. The maximum Gasteiger partial charge on any atom is 0.410 e. The Hall–Kier alpha value is -2.41. The monoisotopic (exact) mass is 386 g/mol. The summed E-state index contributed by atoms with van der Waals surface area (Å²) >= 11 is 0. The smallest absolute Gasteiger partial charge is 0.410 e. The minimum absolute atomic E-state index is 0.0570. The van der Waals surface area contributed by atoms with Gasteiger partial charge in [-0.2, -0.15) is 5.10 Å². The lowest BCUT2D eigenvalue weighted by Gasteiger charge is -2.22. The Bertz CT molecular complexity index is 820. The Morgan fingerprint density at radius 1 is 1.21 bits per heavy atom. The Labute approximate surface area is 164 Å². The second-order valence-corrected chi connectivity index (χ2v) is 8.03. The molecule has 0 N–H and O–H groups in total. The number of nitrogens with zero attached hydrogens (tertiary/aromatic N) is 4. The number of likely N-dealkylation sites (tertiary alicyclic amines) is 1. The van der Waals surface area contributed by atoms with E-state index in [1.54, 1.807) is 12.1 Å². The molecule has 2 saturated heterocycles. The highest BCUT2D eigenvalue weighted by Crippen LogP contribution is 2.28. The van der Waals surface area contributed by atoms with Crippen LogP contribution in [0.2, 0.25) is 0 Å². The number of aryl methyl sites for hydroxylation is 1. The van der Waals surface area contributed by atoms with Crippen LogP contribution in [-0.4, -0.2) is 57.5 Å². The molecule has 150 valence electrons. The first kappa shape index (κ1) is 18.9. The van der Waals surface area contributed by atoms with Crippen molar-refractivity contribution in [2.24, 2.45) is 0 Å². The fourth-order valence-electron chi connectivity index (χ4n) is 4.07. The number of fused-ring (bicyclic) bond motifs is 1. The number of carbonyl (C=O) groups excluding carboxylic acids is 1. The van der Waals surface area contributed by atoms with E-state index in [9.17, 15) is 9.18 Å². The number of halogens is 1. The van der Waals surface area contributed by atoms with Crippen LogP contribution >= 0.6 is 0 Å². The zero-order valence-electron chi connectivity index (χ0n) is 16.4. The van der Waals surface area contributed by atoms with Gasteiger partial charge in [0.15, 0.2) is 0 Å². The largest absolute Gasteiger partial charge is 0.442 e. The fourth-order valence-corrected chi connectivity index (χ4v) is 4.07. The Balaban J connectivity index is 1.30. The molecule has 1 aromatic heterocycles. The molecule has 1 amide bonds. The van der Waals surface area contributed by atoms with Crippen molar-refractivity contribution >= 4 is 6.09 Å². The highest BCUT2D eigenvalue weighted by atomic mass is 19.1. The molecule has 0 spiro atoms. The summed E-state index contributed by atoms with van der Waals surface area (Å²) in [6, 6.07) is 7.02. The lowest BCUT2D eigenvalue weighted by atomic mass is 10.1. The molecule has 0 unspecified atom stereocenters. The summed E-state index contributed by atoms with van der Waals surface area (Å²) in [5.41, 5.74) is 2.27. The average Bonchev–Trinajstić information content (AvgIpc) is 3.34. The van der Waals surface area contributed by atoms with E-state index in [1.807, 2.05) is 15.8 Å². The highest BCUT2D eigenvalue weighted by Gasteiger charge is 2.47. The molecule has 3 heterocycles. The van der Waals surface area contributed by atoms with E-state index < -0.39 is 0 Å². The van der Waals surface area contributed by atoms with Crippen molar-refractivity contribution in [2.45, 2.75) is 51.4 Å². The SMILES string of the molecule is CC(C)n1cc(CN2C[C@H]3OC(=O)N(CCCc4ccc(F)cc4)[C@H]3C2)cn1. The number of amides is 1. The second kappa shape index (κ2) is 7.91. The van der Waals surface area contributed by atoms with Gasteiger partial charge in [-0.3, -0.25) is 9.58 Å². The van der Waals surface area contributed by atoms with Crippen molar-refractivity contribution in [1.29, 1.82) is 0 Å². The minimum Gasteiger partial charge on any atom is -0.442 e. The van der Waals surface area contributed by atoms with E-state index in [-0.39, 0.29) is 24.1 Å². The van der Waals surface area contributed by atoms with Crippen LogP contribution in [0.5, 0.6) is 0 Å². The van der Waals surface area contributed by atoms with E-state index in [0.717, 1.165) is 38.0 Å². The number of rotatable bonds is 7. The molecule has 6 nitrogen and oxygen atoms in total. The quantitative estimate of drug-likeness (QED) is 0.733. The van der Waals surface area contributed by atoms with Crippen LogP contribution in [0.25, 0.3) is 0 Å². The fraction of sp³-hybridized carbons (Fsp3) is 0.524. The molecule has 28 heavy (non-hydrogen) atoms. The van der Waals surface area contributed by atoms with Crippen molar-refractivity contribution < 1.29 is 13.9 Å². The molecule has 0 bridgehead atoms. The van der Waals surface area contributed by atoms with Gasteiger partial charge in [0.2, 0.25) is 0 Å². The van der Waals surface area contributed by atoms with E-state index in [0.29, 0.717) is 12.6 Å². The van der Waals surface area contributed by atoms with Crippen LogP contribution < -0.4 is 0 Å². The first-order valence-electron chi connectivity index (χ1n) is 9.96. The molecule has 2 atom stereocenters. The van der Waals surface area contributed by atoms with E-state index in [2.05, 4.69) is 30.0 Å². The third-order valence-corrected chi connectivity index (χ3v) is 5.57. The van der Waals surface area contributed by atoms with Crippen LogP contribution in [0.3, 0.4) is 0 Å². The molecule has 2 aliphatic heterocycles. The molecule has 0 saturated carbocycles. The maximum absolute atomic E-state index is 13.0. The summed E-state index contributed by atoms with van der Waals surface area (Å²) in [7, 11) is 0. The molecule has 0 aliphatic carbocycles. The van der Waals surface area contributed by atoms with Gasteiger partial charge in [-0.05, 0) is 44.4 Å². The van der Waals surface area contributed by atoms with Gasteiger partial charge < -0.3 is 9.64 Å².